The second-order valence-corrected chi connectivity index (χ2v) is 8.17. The van der Waals surface area contributed by atoms with Gasteiger partial charge >= 0.3 is 6.36 Å². The van der Waals surface area contributed by atoms with Crippen LogP contribution in [-0.4, -0.2) is 56.2 Å². The monoisotopic (exact) mass is 380 g/mol. The number of anilines is 1. The van der Waals surface area contributed by atoms with Crippen LogP contribution in [0.1, 0.15) is 13.3 Å². The first-order valence-electron chi connectivity index (χ1n) is 7.56. The number of sulfone groups is 1. The van der Waals surface area contributed by atoms with Crippen molar-refractivity contribution >= 4 is 21.4 Å². The third-order valence-corrected chi connectivity index (χ3v) is 5.70. The number of amides is 1. The maximum absolute atomic E-state index is 12.4. The van der Waals surface area contributed by atoms with Crippen LogP contribution < -0.4 is 10.1 Å². The van der Waals surface area contributed by atoms with Crippen LogP contribution in [0.4, 0.5) is 18.9 Å². The Morgan fingerprint density at radius 1 is 1.32 bits per heavy atom. The Bertz CT molecular complexity index is 719. The molecule has 1 aliphatic rings. The molecule has 10 heteroatoms. The number of halogens is 3. The molecule has 1 aliphatic heterocycles. The topological polar surface area (TPSA) is 75.7 Å². The second-order valence-electron chi connectivity index (χ2n) is 5.94. The van der Waals surface area contributed by atoms with Crippen LogP contribution in [0.15, 0.2) is 24.3 Å². The van der Waals surface area contributed by atoms with Crippen molar-refractivity contribution in [1.82, 2.24) is 4.90 Å². The number of nitrogens with zero attached hydrogens (tertiary/aromatic N) is 1. The number of ether oxygens (including phenoxy) is 1. The van der Waals surface area contributed by atoms with Gasteiger partial charge in [-0.1, -0.05) is 0 Å². The van der Waals surface area contributed by atoms with Gasteiger partial charge in [0.15, 0.2) is 9.84 Å². The summed E-state index contributed by atoms with van der Waals surface area (Å²) in [4.78, 5) is 13.8. The minimum atomic E-state index is -4.76. The average molecular weight is 380 g/mol. The van der Waals surface area contributed by atoms with Gasteiger partial charge in [-0.2, -0.15) is 0 Å². The fourth-order valence-electron chi connectivity index (χ4n) is 2.63. The molecule has 1 aromatic rings. The van der Waals surface area contributed by atoms with Crippen LogP contribution in [0.5, 0.6) is 5.75 Å². The van der Waals surface area contributed by atoms with Gasteiger partial charge < -0.3 is 15.0 Å². The van der Waals surface area contributed by atoms with Crippen LogP contribution in [0.2, 0.25) is 0 Å². The lowest BCUT2D eigenvalue weighted by atomic mass is 10.2. The van der Waals surface area contributed by atoms with Crippen LogP contribution >= 0.6 is 0 Å². The number of rotatable bonds is 5. The zero-order valence-electron chi connectivity index (χ0n) is 13.7. The molecule has 0 aliphatic carbocycles. The first-order valence-corrected chi connectivity index (χ1v) is 9.38. The highest BCUT2D eigenvalue weighted by molar-refractivity contribution is 7.91. The molecule has 1 saturated heterocycles. The molecule has 25 heavy (non-hydrogen) atoms. The Morgan fingerprint density at radius 2 is 1.92 bits per heavy atom. The summed E-state index contributed by atoms with van der Waals surface area (Å²) >= 11 is 0. The van der Waals surface area contributed by atoms with E-state index in [1.807, 2.05) is 0 Å². The maximum Gasteiger partial charge on any atom is 0.573 e. The summed E-state index contributed by atoms with van der Waals surface area (Å²) in [6, 6.07) is 3.99. The Hall–Kier alpha value is -1.97. The van der Waals surface area contributed by atoms with Crippen molar-refractivity contribution in [2.75, 3.05) is 23.9 Å². The standard InChI is InChI=1S/C15H19F3N2O4S/c1-10(14(21)20(2)12-7-8-25(22,23)9-12)19-11-3-5-13(6-4-11)24-15(16,17)18/h3-6,10,12,19H,7-9H2,1-2H3/t10-,12+/m1/s1. The van der Waals surface area contributed by atoms with E-state index in [0.29, 0.717) is 12.1 Å². The Morgan fingerprint density at radius 3 is 2.40 bits per heavy atom. The van der Waals surface area contributed by atoms with Crippen molar-refractivity contribution in [1.29, 1.82) is 0 Å². The summed E-state index contributed by atoms with van der Waals surface area (Å²) in [5.74, 6) is -0.633. The molecular formula is C15H19F3N2O4S. The number of hydrogen-bond donors (Lipinski definition) is 1. The predicted molar refractivity (Wildman–Crippen MR) is 86.0 cm³/mol. The minimum absolute atomic E-state index is 0.0502. The van der Waals surface area contributed by atoms with Gasteiger partial charge in [0.2, 0.25) is 5.91 Å². The van der Waals surface area contributed by atoms with Crippen molar-refractivity contribution in [3.8, 4) is 5.75 Å². The van der Waals surface area contributed by atoms with E-state index >= 15 is 0 Å². The van der Waals surface area contributed by atoms with Gasteiger partial charge in [0.05, 0.1) is 11.5 Å². The molecule has 0 radical (unpaired) electrons. The van der Waals surface area contributed by atoms with Crippen LogP contribution in [0.25, 0.3) is 0 Å². The normalized spacial score (nSPS) is 20.8. The van der Waals surface area contributed by atoms with E-state index in [0.717, 1.165) is 12.1 Å². The molecule has 2 rings (SSSR count). The third-order valence-electron chi connectivity index (χ3n) is 3.95. The number of benzene rings is 1. The number of carbonyl (C=O) groups excluding carboxylic acids is 1. The van der Waals surface area contributed by atoms with Crippen LogP contribution in [0.3, 0.4) is 0 Å². The second kappa shape index (κ2) is 7.11. The van der Waals surface area contributed by atoms with Crippen LogP contribution in [0, 0.1) is 0 Å². The van der Waals surface area contributed by atoms with Crippen molar-refractivity contribution in [2.24, 2.45) is 0 Å². The third kappa shape index (κ3) is 5.52. The van der Waals surface area contributed by atoms with Gasteiger partial charge in [0.25, 0.3) is 0 Å². The lowest BCUT2D eigenvalue weighted by Crippen LogP contribution is -2.45. The zero-order valence-corrected chi connectivity index (χ0v) is 14.5. The van der Waals surface area contributed by atoms with Crippen LogP contribution in [-0.2, 0) is 14.6 Å². The lowest BCUT2D eigenvalue weighted by Gasteiger charge is -2.27. The summed E-state index contributed by atoms with van der Waals surface area (Å²) in [5, 5.41) is 2.88. The van der Waals surface area contributed by atoms with Gasteiger partial charge in [-0.3, -0.25) is 4.79 Å². The number of likely N-dealkylation sites (N-methyl/N-ethyl adjacent to an activating group) is 1. The van der Waals surface area contributed by atoms with Gasteiger partial charge in [0, 0.05) is 18.8 Å². The maximum atomic E-state index is 12.4. The SMILES string of the molecule is C[C@@H](Nc1ccc(OC(F)(F)F)cc1)C(=O)N(C)[C@H]1CCS(=O)(=O)C1. The molecule has 0 unspecified atom stereocenters. The number of hydrogen-bond acceptors (Lipinski definition) is 5. The van der Waals surface area contributed by atoms with E-state index in [2.05, 4.69) is 10.1 Å². The molecule has 6 nitrogen and oxygen atoms in total. The molecule has 1 heterocycles. The molecule has 1 aromatic carbocycles. The Balaban J connectivity index is 1.94. The van der Waals surface area contributed by atoms with Gasteiger partial charge in [-0.15, -0.1) is 13.2 Å². The first kappa shape index (κ1) is 19.4. The smallest absolute Gasteiger partial charge is 0.406 e. The van der Waals surface area contributed by atoms with Gasteiger partial charge in [0.1, 0.15) is 11.8 Å². The summed E-state index contributed by atoms with van der Waals surface area (Å²) < 4.78 is 63.2. The fourth-order valence-corrected chi connectivity index (χ4v) is 4.41. The fraction of sp³-hybridized carbons (Fsp3) is 0.533. The van der Waals surface area contributed by atoms with E-state index in [1.54, 1.807) is 14.0 Å². The molecule has 1 fully saturated rings. The summed E-state index contributed by atoms with van der Waals surface area (Å²) in [6.07, 6.45) is -4.36. The highest BCUT2D eigenvalue weighted by Crippen LogP contribution is 2.24. The highest BCUT2D eigenvalue weighted by Gasteiger charge is 2.34. The summed E-state index contributed by atoms with van der Waals surface area (Å²) in [5.41, 5.74) is 0.447. The quantitative estimate of drug-likeness (QED) is 0.846. The largest absolute Gasteiger partial charge is 0.573 e. The molecular weight excluding hydrogens is 361 g/mol. The highest BCUT2D eigenvalue weighted by atomic mass is 32.2. The average Bonchev–Trinajstić information content (AvgIpc) is 2.86. The first-order chi connectivity index (χ1) is 11.5. The molecule has 2 atom stereocenters. The van der Waals surface area contributed by atoms with E-state index in [4.69, 9.17) is 0 Å². The van der Waals surface area contributed by atoms with Gasteiger partial charge in [-0.25, -0.2) is 8.42 Å². The number of carbonyl (C=O) groups is 1. The van der Waals surface area contributed by atoms with Crippen molar-refractivity contribution in [3.05, 3.63) is 24.3 Å². The predicted octanol–water partition coefficient (Wildman–Crippen LogP) is 2.03. The Labute approximate surface area is 143 Å². The van der Waals surface area contributed by atoms with E-state index in [-0.39, 0.29) is 29.2 Å². The molecule has 0 aromatic heterocycles. The minimum Gasteiger partial charge on any atom is -0.406 e. The molecule has 140 valence electrons. The molecule has 0 saturated carbocycles. The molecule has 1 amide bonds. The Kier molecular flexibility index (Phi) is 5.50. The summed E-state index contributed by atoms with van der Waals surface area (Å²) in [6.45, 7) is 1.60. The lowest BCUT2D eigenvalue weighted by molar-refractivity contribution is -0.274. The summed E-state index contributed by atoms with van der Waals surface area (Å²) in [7, 11) is -1.55. The number of nitrogens with one attached hydrogen (secondary N) is 1. The van der Waals surface area contributed by atoms with Crippen molar-refractivity contribution in [3.63, 3.8) is 0 Å². The molecule has 1 N–H and O–H groups in total. The number of alkyl halides is 3. The van der Waals surface area contributed by atoms with Gasteiger partial charge in [-0.05, 0) is 37.6 Å². The molecule has 0 bridgehead atoms. The van der Waals surface area contributed by atoms with E-state index < -0.39 is 22.2 Å². The van der Waals surface area contributed by atoms with E-state index in [1.165, 1.54) is 17.0 Å². The van der Waals surface area contributed by atoms with Crippen molar-refractivity contribution in [2.45, 2.75) is 31.8 Å². The van der Waals surface area contributed by atoms with E-state index in [9.17, 15) is 26.4 Å². The zero-order chi connectivity index (χ0) is 18.8. The van der Waals surface area contributed by atoms with Crippen molar-refractivity contribution < 1.29 is 31.1 Å². The molecule has 0 spiro atoms.